The molecular weight excluding hydrogens is 354 g/mol. The Morgan fingerprint density at radius 2 is 2.20 bits per heavy atom. The van der Waals surface area contributed by atoms with Crippen LogP contribution in [0.3, 0.4) is 0 Å². The number of hydrogen-bond donors (Lipinski definition) is 2. The second-order valence-corrected chi connectivity index (χ2v) is 7.61. The standard InChI is InChI=1S/C14H14BrN3S2/c1-8(16)13(12-6-9(15)7-19-12)20-14-17-10-4-2-3-5-11(10)18-14/h2-8,13H,16H2,1H3,(H,17,18). The molecule has 2 unspecified atom stereocenters. The van der Waals surface area contributed by atoms with E-state index < -0.39 is 0 Å². The second-order valence-electron chi connectivity index (χ2n) is 4.62. The van der Waals surface area contributed by atoms with Gasteiger partial charge in [0.25, 0.3) is 0 Å². The maximum atomic E-state index is 6.15. The molecule has 2 aromatic heterocycles. The SMILES string of the molecule is CC(N)C(Sc1nc2ccccc2[nH]1)c1cc(Br)cs1. The molecule has 1 aromatic carbocycles. The zero-order chi connectivity index (χ0) is 14.1. The minimum absolute atomic E-state index is 0.0544. The van der Waals surface area contributed by atoms with Gasteiger partial charge in [0, 0.05) is 20.8 Å². The van der Waals surface area contributed by atoms with Crippen molar-refractivity contribution >= 4 is 50.1 Å². The average Bonchev–Trinajstić information content (AvgIpc) is 3.01. The summed E-state index contributed by atoms with van der Waals surface area (Å²) in [5.74, 6) is 0. The predicted octanol–water partition coefficient (Wildman–Crippen LogP) is 4.57. The number of nitrogens with two attached hydrogens (primary N) is 1. The van der Waals surface area contributed by atoms with Crippen LogP contribution in [0.5, 0.6) is 0 Å². The molecular formula is C14H14BrN3S2. The minimum Gasteiger partial charge on any atom is -0.333 e. The number of aromatic amines is 1. The van der Waals surface area contributed by atoms with Gasteiger partial charge in [-0.05, 0) is 41.1 Å². The summed E-state index contributed by atoms with van der Waals surface area (Å²) in [6.45, 7) is 2.04. The zero-order valence-electron chi connectivity index (χ0n) is 10.8. The van der Waals surface area contributed by atoms with Crippen LogP contribution in [0.25, 0.3) is 11.0 Å². The molecule has 3 aromatic rings. The van der Waals surface area contributed by atoms with E-state index >= 15 is 0 Å². The number of halogens is 1. The van der Waals surface area contributed by atoms with Gasteiger partial charge in [0.1, 0.15) is 0 Å². The third-order valence-electron chi connectivity index (χ3n) is 2.95. The summed E-state index contributed by atoms with van der Waals surface area (Å²) in [6.07, 6.45) is 0. The Kier molecular flexibility index (Phi) is 4.16. The van der Waals surface area contributed by atoms with Crippen molar-refractivity contribution in [3.63, 3.8) is 0 Å². The van der Waals surface area contributed by atoms with E-state index in [1.165, 1.54) is 4.88 Å². The fraction of sp³-hybridized carbons (Fsp3) is 0.214. The molecule has 0 spiro atoms. The van der Waals surface area contributed by atoms with Crippen molar-refractivity contribution in [1.29, 1.82) is 0 Å². The summed E-state index contributed by atoms with van der Waals surface area (Å²) in [5, 5.41) is 3.20. The quantitative estimate of drug-likeness (QED) is 0.664. The molecule has 2 atom stereocenters. The van der Waals surface area contributed by atoms with Crippen LogP contribution in [0.15, 0.2) is 45.3 Å². The molecule has 0 aliphatic carbocycles. The van der Waals surface area contributed by atoms with Crippen LogP contribution in [-0.4, -0.2) is 16.0 Å². The Labute approximate surface area is 134 Å². The molecule has 0 aliphatic rings. The highest BCUT2D eigenvalue weighted by Crippen LogP contribution is 2.40. The van der Waals surface area contributed by atoms with Crippen molar-refractivity contribution in [2.24, 2.45) is 5.73 Å². The molecule has 0 bridgehead atoms. The first-order valence-corrected chi connectivity index (χ1v) is 8.79. The highest BCUT2D eigenvalue weighted by atomic mass is 79.9. The Morgan fingerprint density at radius 1 is 1.40 bits per heavy atom. The van der Waals surface area contributed by atoms with Crippen molar-refractivity contribution in [3.8, 4) is 0 Å². The zero-order valence-corrected chi connectivity index (χ0v) is 14.1. The highest BCUT2D eigenvalue weighted by Gasteiger charge is 2.21. The number of H-pyrrole nitrogens is 1. The number of nitrogens with one attached hydrogen (secondary N) is 1. The number of rotatable bonds is 4. The first kappa shape index (κ1) is 14.1. The van der Waals surface area contributed by atoms with Crippen LogP contribution in [0.2, 0.25) is 0 Å². The van der Waals surface area contributed by atoms with E-state index in [1.54, 1.807) is 23.1 Å². The van der Waals surface area contributed by atoms with E-state index in [0.29, 0.717) is 0 Å². The molecule has 0 amide bonds. The van der Waals surface area contributed by atoms with Crippen LogP contribution < -0.4 is 5.73 Å². The van der Waals surface area contributed by atoms with E-state index in [2.05, 4.69) is 37.3 Å². The van der Waals surface area contributed by atoms with Crippen molar-refractivity contribution in [2.75, 3.05) is 0 Å². The van der Waals surface area contributed by atoms with Gasteiger partial charge < -0.3 is 10.7 Å². The summed E-state index contributed by atoms with van der Waals surface area (Å²) in [5.41, 5.74) is 8.20. The van der Waals surface area contributed by atoms with Gasteiger partial charge in [0.15, 0.2) is 5.16 Å². The molecule has 3 nitrogen and oxygen atoms in total. The summed E-state index contributed by atoms with van der Waals surface area (Å²) >= 11 is 6.91. The van der Waals surface area contributed by atoms with Gasteiger partial charge in [-0.3, -0.25) is 0 Å². The number of imidazole rings is 1. The normalized spacial score (nSPS) is 14.6. The van der Waals surface area contributed by atoms with Crippen LogP contribution in [0.4, 0.5) is 0 Å². The predicted molar refractivity (Wildman–Crippen MR) is 90.4 cm³/mol. The first-order valence-electron chi connectivity index (χ1n) is 6.24. The fourth-order valence-electron chi connectivity index (χ4n) is 2.01. The number of aromatic nitrogens is 2. The largest absolute Gasteiger partial charge is 0.333 e. The van der Waals surface area contributed by atoms with Gasteiger partial charge >= 0.3 is 0 Å². The third kappa shape index (κ3) is 2.93. The maximum Gasteiger partial charge on any atom is 0.167 e. The van der Waals surface area contributed by atoms with Crippen molar-refractivity contribution < 1.29 is 0 Å². The Hall–Kier alpha value is -0.820. The number of benzene rings is 1. The molecule has 0 aliphatic heterocycles. The molecule has 0 saturated carbocycles. The van der Waals surface area contributed by atoms with E-state index in [0.717, 1.165) is 20.7 Å². The van der Waals surface area contributed by atoms with Gasteiger partial charge in [-0.1, -0.05) is 23.9 Å². The summed E-state index contributed by atoms with van der Waals surface area (Å²) < 4.78 is 1.10. The summed E-state index contributed by atoms with van der Waals surface area (Å²) in [7, 11) is 0. The smallest absolute Gasteiger partial charge is 0.167 e. The van der Waals surface area contributed by atoms with Gasteiger partial charge in [-0.15, -0.1) is 11.3 Å². The van der Waals surface area contributed by atoms with Crippen LogP contribution in [0, 0.1) is 0 Å². The van der Waals surface area contributed by atoms with Gasteiger partial charge in [-0.25, -0.2) is 4.98 Å². The van der Waals surface area contributed by atoms with Crippen molar-refractivity contribution in [3.05, 3.63) is 45.1 Å². The summed E-state index contributed by atoms with van der Waals surface area (Å²) in [6, 6.07) is 10.2. The summed E-state index contributed by atoms with van der Waals surface area (Å²) in [4.78, 5) is 9.22. The second kappa shape index (κ2) is 5.89. The molecule has 0 fully saturated rings. The molecule has 3 N–H and O–H groups in total. The number of thioether (sulfide) groups is 1. The molecule has 6 heteroatoms. The lowest BCUT2D eigenvalue weighted by molar-refractivity contribution is 0.727. The van der Waals surface area contributed by atoms with E-state index in [9.17, 15) is 0 Å². The van der Waals surface area contributed by atoms with Crippen LogP contribution in [-0.2, 0) is 0 Å². The Bertz CT molecular complexity index is 687. The Morgan fingerprint density at radius 3 is 2.85 bits per heavy atom. The van der Waals surface area contributed by atoms with Gasteiger partial charge in [-0.2, -0.15) is 0 Å². The molecule has 0 radical (unpaired) electrons. The Balaban J connectivity index is 1.89. The monoisotopic (exact) mass is 367 g/mol. The highest BCUT2D eigenvalue weighted by molar-refractivity contribution is 9.10. The first-order chi connectivity index (χ1) is 9.63. The molecule has 0 saturated heterocycles. The molecule has 3 rings (SSSR count). The lowest BCUT2D eigenvalue weighted by Crippen LogP contribution is -2.22. The number of thiophene rings is 1. The third-order valence-corrected chi connectivity index (χ3v) is 6.23. The van der Waals surface area contributed by atoms with Gasteiger partial charge in [0.05, 0.1) is 16.3 Å². The number of para-hydroxylation sites is 2. The van der Waals surface area contributed by atoms with Gasteiger partial charge in [0.2, 0.25) is 0 Å². The van der Waals surface area contributed by atoms with E-state index in [-0.39, 0.29) is 11.3 Å². The maximum absolute atomic E-state index is 6.15. The number of fused-ring (bicyclic) bond motifs is 1. The van der Waals surface area contributed by atoms with Crippen LogP contribution in [0.1, 0.15) is 17.1 Å². The molecule has 2 heterocycles. The minimum atomic E-state index is 0.0544. The molecule has 20 heavy (non-hydrogen) atoms. The number of hydrogen-bond acceptors (Lipinski definition) is 4. The van der Waals surface area contributed by atoms with E-state index in [1.807, 2.05) is 31.2 Å². The lowest BCUT2D eigenvalue weighted by Gasteiger charge is -2.17. The lowest BCUT2D eigenvalue weighted by atomic mass is 10.2. The van der Waals surface area contributed by atoms with Crippen LogP contribution >= 0.6 is 39.0 Å². The number of nitrogens with zero attached hydrogens (tertiary/aromatic N) is 1. The van der Waals surface area contributed by atoms with Crippen molar-refractivity contribution in [2.45, 2.75) is 23.4 Å². The fourth-order valence-corrected chi connectivity index (χ4v) is 4.82. The average molecular weight is 368 g/mol. The molecule has 104 valence electrons. The topological polar surface area (TPSA) is 54.7 Å². The van der Waals surface area contributed by atoms with E-state index in [4.69, 9.17) is 5.73 Å². The van der Waals surface area contributed by atoms with Crippen molar-refractivity contribution in [1.82, 2.24) is 9.97 Å².